The lowest BCUT2D eigenvalue weighted by Gasteiger charge is -2.23. The second-order valence-corrected chi connectivity index (χ2v) is 13.6. The minimum atomic E-state index is -0.692. The Morgan fingerprint density at radius 2 is 1.50 bits per heavy atom. The molecule has 7 nitrogen and oxygen atoms in total. The average Bonchev–Trinajstić information content (AvgIpc) is 3.19. The van der Waals surface area contributed by atoms with Gasteiger partial charge in [0.2, 0.25) is 5.36 Å². The molecule has 0 saturated heterocycles. The Morgan fingerprint density at radius 1 is 0.796 bits per heavy atom. The highest BCUT2D eigenvalue weighted by Crippen LogP contribution is 2.42. The van der Waals surface area contributed by atoms with Crippen LogP contribution in [0.3, 0.4) is 0 Å². The number of amides is 1. The van der Waals surface area contributed by atoms with Gasteiger partial charge >= 0.3 is 5.97 Å². The van der Waals surface area contributed by atoms with Crippen molar-refractivity contribution < 1.29 is 23.1 Å². The number of hydrogen-bond acceptors (Lipinski definition) is 5. The standard InChI is InChI=1S/C46H48FN3O4/c1-7-49(8-2)34-21-24-39-42(27-34)54-43-28-35(50(9-3)10-4)22-25-40(43)44(39)37-18-14-15-19-38(37)45(51)48-30(5)29-53-46(52)31(6)33-20-23-36(41(47)26-33)32-16-12-11-13-17-32/h11-28,30-31H,7-10,29H2,1-6H3/p+1/t30-,31?/m1/s1. The van der Waals surface area contributed by atoms with E-state index in [1.54, 1.807) is 26.0 Å². The minimum absolute atomic E-state index is 0.0417. The third-order valence-electron chi connectivity index (χ3n) is 10.2. The van der Waals surface area contributed by atoms with Gasteiger partial charge in [0.05, 0.1) is 18.0 Å². The molecule has 4 aromatic rings. The Hall–Kier alpha value is -5.76. The summed E-state index contributed by atoms with van der Waals surface area (Å²) in [6, 6.07) is 33.7. The maximum atomic E-state index is 15.1. The summed E-state index contributed by atoms with van der Waals surface area (Å²) in [4.78, 5) is 29.4. The van der Waals surface area contributed by atoms with E-state index in [-0.39, 0.29) is 12.5 Å². The number of benzene rings is 5. The predicted molar refractivity (Wildman–Crippen MR) is 216 cm³/mol. The molecule has 0 bridgehead atoms. The number of hydrogen-bond donors (Lipinski definition) is 1. The smallest absolute Gasteiger partial charge is 0.313 e. The van der Waals surface area contributed by atoms with Crippen molar-refractivity contribution in [3.8, 4) is 33.6 Å². The molecule has 0 radical (unpaired) electrons. The summed E-state index contributed by atoms with van der Waals surface area (Å²) in [6.07, 6.45) is 0. The maximum Gasteiger partial charge on any atom is 0.313 e. The highest BCUT2D eigenvalue weighted by molar-refractivity contribution is 6.09. The van der Waals surface area contributed by atoms with Crippen molar-refractivity contribution in [2.24, 2.45) is 0 Å². The normalized spacial score (nSPS) is 12.4. The quantitative estimate of drug-likeness (QED) is 0.0730. The van der Waals surface area contributed by atoms with E-state index < -0.39 is 23.7 Å². The van der Waals surface area contributed by atoms with Crippen LogP contribution in [-0.4, -0.2) is 50.7 Å². The zero-order valence-electron chi connectivity index (χ0n) is 32.0. The number of fused-ring (bicyclic) bond motifs is 2. The molecule has 1 unspecified atom stereocenters. The van der Waals surface area contributed by atoms with Crippen molar-refractivity contribution in [2.75, 3.05) is 37.7 Å². The molecular weight excluding hydrogens is 678 g/mol. The van der Waals surface area contributed by atoms with Crippen molar-refractivity contribution in [3.63, 3.8) is 0 Å². The lowest BCUT2D eigenvalue weighted by atomic mass is 9.90. The van der Waals surface area contributed by atoms with E-state index >= 15 is 4.39 Å². The maximum absolute atomic E-state index is 15.1. The number of ether oxygens (including phenoxy) is 1. The van der Waals surface area contributed by atoms with Crippen molar-refractivity contribution >= 4 is 28.5 Å². The Kier molecular flexibility index (Phi) is 11.9. The number of carbonyl (C=O) groups is 2. The van der Waals surface area contributed by atoms with E-state index in [1.165, 1.54) is 6.07 Å². The van der Waals surface area contributed by atoms with Crippen molar-refractivity contribution in [3.05, 3.63) is 131 Å². The Balaban J connectivity index is 1.26. The molecule has 0 saturated carbocycles. The van der Waals surface area contributed by atoms with Crippen LogP contribution in [0.25, 0.3) is 44.5 Å². The molecule has 2 atom stereocenters. The van der Waals surface area contributed by atoms with Gasteiger partial charge in [-0.3, -0.25) is 9.59 Å². The molecule has 6 rings (SSSR count). The molecule has 1 aliphatic heterocycles. The Morgan fingerprint density at radius 3 is 2.20 bits per heavy atom. The molecule has 0 fully saturated rings. The van der Waals surface area contributed by atoms with Crippen LogP contribution in [0.15, 0.2) is 114 Å². The summed E-state index contributed by atoms with van der Waals surface area (Å²) in [5.41, 5.74) is 6.63. The number of nitrogens with one attached hydrogen (secondary N) is 1. The SMILES string of the molecule is CCN(CC)c1ccc2c(-c3ccccc3C(=O)N[C@H](C)COC(=O)C(C)c3ccc(-c4ccccc4)c(F)c3)c3ccc(=[N+](CC)CC)cc-3oc2c1. The molecule has 0 aromatic heterocycles. The van der Waals surface area contributed by atoms with E-state index in [0.29, 0.717) is 16.7 Å². The van der Waals surface area contributed by atoms with Crippen molar-refractivity contribution in [2.45, 2.75) is 53.5 Å². The highest BCUT2D eigenvalue weighted by atomic mass is 19.1. The topological polar surface area (TPSA) is 74.8 Å². The zero-order chi connectivity index (χ0) is 38.4. The van der Waals surface area contributed by atoms with E-state index in [9.17, 15) is 9.59 Å². The summed E-state index contributed by atoms with van der Waals surface area (Å²) < 4.78 is 29.6. The molecule has 1 amide bonds. The number of nitrogens with zero attached hydrogens (tertiary/aromatic N) is 2. The Bertz CT molecular complexity index is 2310. The van der Waals surface area contributed by atoms with Crippen molar-refractivity contribution in [1.82, 2.24) is 9.89 Å². The fraction of sp³-hybridized carbons (Fsp3) is 0.283. The molecule has 1 N–H and O–H groups in total. The molecule has 54 heavy (non-hydrogen) atoms. The number of rotatable bonds is 13. The summed E-state index contributed by atoms with van der Waals surface area (Å²) in [5.74, 6) is -1.15. The van der Waals surface area contributed by atoms with E-state index in [2.05, 4.69) is 78.9 Å². The van der Waals surface area contributed by atoms with Gasteiger partial charge < -0.3 is 19.4 Å². The van der Waals surface area contributed by atoms with Crippen LogP contribution in [0.5, 0.6) is 0 Å². The highest BCUT2D eigenvalue weighted by Gasteiger charge is 2.25. The summed E-state index contributed by atoms with van der Waals surface area (Å²) >= 11 is 0. The molecule has 0 spiro atoms. The lowest BCUT2D eigenvalue weighted by Crippen LogP contribution is -2.37. The monoisotopic (exact) mass is 726 g/mol. The number of carbonyl (C=O) groups excluding carboxylic acids is 2. The first-order chi connectivity index (χ1) is 26.2. The zero-order valence-corrected chi connectivity index (χ0v) is 32.0. The summed E-state index contributed by atoms with van der Waals surface area (Å²) in [6.45, 7) is 15.4. The largest absolute Gasteiger partial charge is 0.463 e. The minimum Gasteiger partial charge on any atom is -0.463 e. The van der Waals surface area contributed by atoms with Crippen LogP contribution in [-0.2, 0) is 9.53 Å². The number of halogens is 1. The van der Waals surface area contributed by atoms with Crippen LogP contribution < -0.4 is 20.1 Å². The van der Waals surface area contributed by atoms with Gasteiger partial charge in [-0.2, -0.15) is 0 Å². The van der Waals surface area contributed by atoms with Gasteiger partial charge in [-0.05, 0) is 88.6 Å². The van der Waals surface area contributed by atoms with Crippen molar-refractivity contribution in [1.29, 1.82) is 0 Å². The lowest BCUT2D eigenvalue weighted by molar-refractivity contribution is -0.145. The van der Waals surface area contributed by atoms with Crippen LogP contribution in [0.2, 0.25) is 0 Å². The summed E-state index contributed by atoms with van der Waals surface area (Å²) in [7, 11) is 0. The van der Waals surface area contributed by atoms with Crippen LogP contribution >= 0.6 is 0 Å². The van der Waals surface area contributed by atoms with Gasteiger partial charge in [0.15, 0.2) is 0 Å². The van der Waals surface area contributed by atoms with Gasteiger partial charge in [0.25, 0.3) is 5.91 Å². The molecular formula is C46H49FN3O4+. The van der Waals surface area contributed by atoms with Crippen LogP contribution in [0.1, 0.15) is 63.4 Å². The number of esters is 1. The molecule has 8 heteroatoms. The molecule has 1 aliphatic carbocycles. The third-order valence-corrected chi connectivity index (χ3v) is 10.2. The summed E-state index contributed by atoms with van der Waals surface area (Å²) in [5, 5.41) is 5.01. The second-order valence-electron chi connectivity index (χ2n) is 13.6. The van der Waals surface area contributed by atoms with E-state index in [4.69, 9.17) is 9.15 Å². The van der Waals surface area contributed by atoms with E-state index in [1.807, 2.05) is 54.6 Å². The molecule has 278 valence electrons. The molecule has 4 aromatic carbocycles. The van der Waals surface area contributed by atoms with Gasteiger partial charge in [0, 0.05) is 58.5 Å². The van der Waals surface area contributed by atoms with Gasteiger partial charge in [0.1, 0.15) is 36.9 Å². The third kappa shape index (κ3) is 7.93. The predicted octanol–water partition coefficient (Wildman–Crippen LogP) is 9.13. The molecule has 1 heterocycles. The first kappa shape index (κ1) is 38.0. The second kappa shape index (κ2) is 16.9. The fourth-order valence-corrected chi connectivity index (χ4v) is 7.09. The van der Waals surface area contributed by atoms with Crippen LogP contribution in [0.4, 0.5) is 10.1 Å². The first-order valence-corrected chi connectivity index (χ1v) is 18.9. The molecule has 2 aliphatic rings. The fourth-order valence-electron chi connectivity index (χ4n) is 7.09. The van der Waals surface area contributed by atoms with Crippen LogP contribution in [0, 0.1) is 5.82 Å². The first-order valence-electron chi connectivity index (χ1n) is 18.9. The average molecular weight is 727 g/mol. The number of anilines is 1. The Labute approximate surface area is 317 Å². The van der Waals surface area contributed by atoms with Gasteiger partial charge in [-0.25, -0.2) is 8.97 Å². The van der Waals surface area contributed by atoms with E-state index in [0.717, 1.165) is 76.2 Å². The van der Waals surface area contributed by atoms with Gasteiger partial charge in [-0.15, -0.1) is 0 Å². The van der Waals surface area contributed by atoms with Gasteiger partial charge in [-0.1, -0.05) is 60.7 Å².